The number of para-hydroxylation sites is 1. The third-order valence-corrected chi connectivity index (χ3v) is 5.48. The third kappa shape index (κ3) is 2.73. The number of hydrogen-bond acceptors (Lipinski definition) is 2. The number of carbonyl (C=O) groups is 1. The molecule has 1 aliphatic rings. The number of hydrogen-bond donors (Lipinski definition) is 1. The Morgan fingerprint density at radius 1 is 1.28 bits per heavy atom. The molecule has 2 aromatic heterocycles. The van der Waals surface area contributed by atoms with Crippen molar-refractivity contribution in [2.45, 2.75) is 39.7 Å². The highest BCUT2D eigenvalue weighted by atomic mass is 16.2. The zero-order chi connectivity index (χ0) is 17.6. The largest absolute Gasteiger partial charge is 0.357 e. The quantitative estimate of drug-likeness (QED) is 0.799. The third-order valence-electron chi connectivity index (χ3n) is 5.48. The molecular weight excluding hydrogens is 312 g/mol. The molecule has 0 fully saturated rings. The van der Waals surface area contributed by atoms with Crippen LogP contribution in [0.5, 0.6) is 0 Å². The van der Waals surface area contributed by atoms with Crippen molar-refractivity contribution in [2.75, 3.05) is 6.54 Å². The SMILES string of the molecule is Cc1nn(C)c(C)c1CCC(=O)N1CCc2c([nH]c3ccccc23)C1. The molecule has 0 aliphatic carbocycles. The fourth-order valence-corrected chi connectivity index (χ4v) is 3.98. The molecule has 1 aliphatic heterocycles. The van der Waals surface area contributed by atoms with Crippen LogP contribution in [0.15, 0.2) is 24.3 Å². The molecule has 0 radical (unpaired) electrons. The number of H-pyrrole nitrogens is 1. The first-order chi connectivity index (χ1) is 12.0. The highest BCUT2D eigenvalue weighted by molar-refractivity contribution is 5.85. The molecule has 0 saturated carbocycles. The fraction of sp³-hybridized carbons (Fsp3) is 0.400. The molecule has 3 aromatic rings. The molecular formula is C20H24N4O. The fourth-order valence-electron chi connectivity index (χ4n) is 3.98. The van der Waals surface area contributed by atoms with E-state index in [1.807, 2.05) is 29.6 Å². The van der Waals surface area contributed by atoms with Crippen molar-refractivity contribution in [3.63, 3.8) is 0 Å². The summed E-state index contributed by atoms with van der Waals surface area (Å²) >= 11 is 0. The van der Waals surface area contributed by atoms with E-state index in [1.165, 1.54) is 27.7 Å². The number of fused-ring (bicyclic) bond motifs is 3. The molecule has 0 unspecified atom stereocenters. The minimum absolute atomic E-state index is 0.229. The molecule has 0 bridgehead atoms. The summed E-state index contributed by atoms with van der Waals surface area (Å²) in [6, 6.07) is 8.39. The monoisotopic (exact) mass is 336 g/mol. The van der Waals surface area contributed by atoms with E-state index in [4.69, 9.17) is 0 Å². The van der Waals surface area contributed by atoms with E-state index < -0.39 is 0 Å². The highest BCUT2D eigenvalue weighted by Gasteiger charge is 2.24. The van der Waals surface area contributed by atoms with Gasteiger partial charge in [-0.15, -0.1) is 0 Å². The average molecular weight is 336 g/mol. The predicted octanol–water partition coefficient (Wildman–Crippen LogP) is 3.04. The van der Waals surface area contributed by atoms with Crippen molar-refractivity contribution in [1.82, 2.24) is 19.7 Å². The number of aromatic amines is 1. The van der Waals surface area contributed by atoms with Gasteiger partial charge in [0.15, 0.2) is 0 Å². The van der Waals surface area contributed by atoms with Crippen LogP contribution in [0.1, 0.15) is 34.6 Å². The van der Waals surface area contributed by atoms with E-state index in [9.17, 15) is 4.79 Å². The first-order valence-corrected chi connectivity index (χ1v) is 8.90. The molecule has 0 saturated heterocycles. The number of aromatic nitrogens is 3. The summed E-state index contributed by atoms with van der Waals surface area (Å²) in [5.41, 5.74) is 7.13. The molecule has 1 N–H and O–H groups in total. The Bertz CT molecular complexity index is 950. The van der Waals surface area contributed by atoms with E-state index in [0.29, 0.717) is 13.0 Å². The van der Waals surface area contributed by atoms with Gasteiger partial charge in [0.2, 0.25) is 5.91 Å². The zero-order valence-corrected chi connectivity index (χ0v) is 15.1. The van der Waals surface area contributed by atoms with Gasteiger partial charge in [0, 0.05) is 42.3 Å². The highest BCUT2D eigenvalue weighted by Crippen LogP contribution is 2.27. The summed E-state index contributed by atoms with van der Waals surface area (Å²) in [5, 5.41) is 5.74. The van der Waals surface area contributed by atoms with E-state index in [-0.39, 0.29) is 5.91 Å². The van der Waals surface area contributed by atoms with E-state index in [1.54, 1.807) is 0 Å². The molecule has 5 nitrogen and oxygen atoms in total. The maximum absolute atomic E-state index is 12.7. The van der Waals surface area contributed by atoms with E-state index in [0.717, 1.165) is 30.8 Å². The van der Waals surface area contributed by atoms with Crippen LogP contribution in [0.2, 0.25) is 0 Å². The Morgan fingerprint density at radius 2 is 2.08 bits per heavy atom. The zero-order valence-electron chi connectivity index (χ0n) is 15.1. The Balaban J connectivity index is 1.47. The molecule has 4 rings (SSSR count). The van der Waals surface area contributed by atoms with E-state index >= 15 is 0 Å². The van der Waals surface area contributed by atoms with E-state index in [2.05, 4.69) is 35.2 Å². The van der Waals surface area contributed by atoms with Crippen molar-refractivity contribution < 1.29 is 4.79 Å². The normalized spacial score (nSPS) is 14.1. The van der Waals surface area contributed by atoms with Crippen LogP contribution in [-0.4, -0.2) is 32.1 Å². The first kappa shape index (κ1) is 15.9. The number of rotatable bonds is 3. The van der Waals surface area contributed by atoms with Crippen LogP contribution in [0, 0.1) is 13.8 Å². The molecule has 130 valence electrons. The Kier molecular flexibility index (Phi) is 3.86. The lowest BCUT2D eigenvalue weighted by molar-refractivity contribution is -0.132. The second-order valence-corrected chi connectivity index (χ2v) is 6.97. The van der Waals surface area contributed by atoms with Gasteiger partial charge in [-0.05, 0) is 43.9 Å². The van der Waals surface area contributed by atoms with Crippen LogP contribution >= 0.6 is 0 Å². The van der Waals surface area contributed by atoms with Crippen LogP contribution in [0.3, 0.4) is 0 Å². The predicted molar refractivity (Wildman–Crippen MR) is 98.4 cm³/mol. The summed E-state index contributed by atoms with van der Waals surface area (Å²) in [4.78, 5) is 18.2. The van der Waals surface area contributed by atoms with Gasteiger partial charge >= 0.3 is 0 Å². The first-order valence-electron chi connectivity index (χ1n) is 8.90. The van der Waals surface area contributed by atoms with Crippen LogP contribution in [0.4, 0.5) is 0 Å². The molecule has 5 heteroatoms. The minimum atomic E-state index is 0.229. The molecule has 1 aromatic carbocycles. The van der Waals surface area contributed by atoms with Gasteiger partial charge in [0.1, 0.15) is 0 Å². The van der Waals surface area contributed by atoms with Gasteiger partial charge in [0.05, 0.1) is 12.2 Å². The van der Waals surface area contributed by atoms with Crippen molar-refractivity contribution in [1.29, 1.82) is 0 Å². The number of carbonyl (C=O) groups excluding carboxylic acids is 1. The summed E-state index contributed by atoms with van der Waals surface area (Å²) in [5.74, 6) is 0.229. The van der Waals surface area contributed by atoms with Crippen LogP contribution < -0.4 is 0 Å². The second-order valence-electron chi connectivity index (χ2n) is 6.97. The van der Waals surface area contributed by atoms with Gasteiger partial charge in [-0.1, -0.05) is 18.2 Å². The van der Waals surface area contributed by atoms with Crippen LogP contribution in [0.25, 0.3) is 10.9 Å². The molecule has 0 atom stereocenters. The maximum Gasteiger partial charge on any atom is 0.223 e. The summed E-state index contributed by atoms with van der Waals surface area (Å²) in [6.07, 6.45) is 2.24. The number of amides is 1. The molecule has 0 spiro atoms. The topological polar surface area (TPSA) is 53.9 Å². The van der Waals surface area contributed by atoms with Gasteiger partial charge in [-0.3, -0.25) is 9.48 Å². The summed E-state index contributed by atoms with van der Waals surface area (Å²) in [6.45, 7) is 5.58. The van der Waals surface area contributed by atoms with Gasteiger partial charge in [-0.25, -0.2) is 0 Å². The van der Waals surface area contributed by atoms with Gasteiger partial charge < -0.3 is 9.88 Å². The van der Waals surface area contributed by atoms with Crippen molar-refractivity contribution in [3.05, 3.63) is 52.5 Å². The van der Waals surface area contributed by atoms with Crippen molar-refractivity contribution in [3.8, 4) is 0 Å². The summed E-state index contributed by atoms with van der Waals surface area (Å²) in [7, 11) is 1.95. The second kappa shape index (κ2) is 6.06. The maximum atomic E-state index is 12.7. The minimum Gasteiger partial charge on any atom is -0.357 e. The number of aryl methyl sites for hydroxylation is 2. The Labute approximate surface area is 147 Å². The van der Waals surface area contributed by atoms with Gasteiger partial charge in [-0.2, -0.15) is 5.10 Å². The molecule has 3 heterocycles. The smallest absolute Gasteiger partial charge is 0.223 e. The number of benzene rings is 1. The Morgan fingerprint density at radius 3 is 2.84 bits per heavy atom. The number of nitrogens with zero attached hydrogens (tertiary/aromatic N) is 3. The van der Waals surface area contributed by atoms with Crippen molar-refractivity contribution >= 4 is 16.8 Å². The molecule has 25 heavy (non-hydrogen) atoms. The molecule has 1 amide bonds. The number of nitrogens with one attached hydrogen (secondary N) is 1. The lowest BCUT2D eigenvalue weighted by Crippen LogP contribution is -2.36. The average Bonchev–Trinajstić information content (AvgIpc) is 3.09. The lowest BCUT2D eigenvalue weighted by Gasteiger charge is -2.27. The lowest BCUT2D eigenvalue weighted by atomic mass is 10.0. The standard InChI is InChI=1S/C20H24N4O/c1-13-15(14(2)23(3)22-13)8-9-20(25)24-11-10-17-16-6-4-5-7-18(16)21-19(17)12-24/h4-7,21H,8-12H2,1-3H3. The Hall–Kier alpha value is -2.56. The van der Waals surface area contributed by atoms with Crippen molar-refractivity contribution in [2.24, 2.45) is 7.05 Å². The summed E-state index contributed by atoms with van der Waals surface area (Å²) < 4.78 is 1.90. The van der Waals surface area contributed by atoms with Crippen LogP contribution in [-0.2, 0) is 31.2 Å². The van der Waals surface area contributed by atoms with Gasteiger partial charge in [0.25, 0.3) is 0 Å².